The van der Waals surface area contributed by atoms with Crippen LogP contribution >= 0.6 is 0 Å². The van der Waals surface area contributed by atoms with Crippen molar-refractivity contribution in [2.24, 2.45) is 28.6 Å². The summed E-state index contributed by atoms with van der Waals surface area (Å²) >= 11 is 0. The third kappa shape index (κ3) is 3.09. The maximum absolute atomic E-state index is 12.3. The normalized spacial score (nSPS) is 43.4. The Morgan fingerprint density at radius 2 is 1.93 bits per heavy atom. The Balaban J connectivity index is 1.51. The van der Waals surface area contributed by atoms with Crippen molar-refractivity contribution in [3.63, 3.8) is 0 Å². The van der Waals surface area contributed by atoms with Gasteiger partial charge in [-0.25, -0.2) is 0 Å². The molecule has 4 aliphatic carbocycles. The number of carbonyl (C=O) groups excluding carboxylic acids is 2. The first kappa shape index (κ1) is 19.2. The Morgan fingerprint density at radius 3 is 2.70 bits per heavy atom. The molecule has 3 nitrogen and oxygen atoms in total. The van der Waals surface area contributed by atoms with E-state index in [1.165, 1.54) is 31.3 Å². The zero-order valence-corrected chi connectivity index (χ0v) is 17.4. The SMILES string of the molecule is CCCCC(=O)O[C@H]1CC[C@@H]2[C@@H]3CCC4=CC(=O)CC[C@]4(C)[C@H]3CC[C@]12C. The lowest BCUT2D eigenvalue weighted by Gasteiger charge is -2.57. The highest BCUT2D eigenvalue weighted by atomic mass is 16.5. The van der Waals surface area contributed by atoms with Crippen molar-refractivity contribution in [2.45, 2.75) is 97.5 Å². The molecule has 0 aromatic heterocycles. The van der Waals surface area contributed by atoms with Crippen molar-refractivity contribution in [2.75, 3.05) is 0 Å². The third-order valence-electron chi connectivity index (χ3n) is 8.88. The van der Waals surface area contributed by atoms with Gasteiger partial charge in [0.2, 0.25) is 0 Å². The first-order valence-electron chi connectivity index (χ1n) is 11.3. The molecule has 0 saturated heterocycles. The van der Waals surface area contributed by atoms with E-state index in [9.17, 15) is 9.59 Å². The van der Waals surface area contributed by atoms with Gasteiger partial charge in [0, 0.05) is 18.3 Å². The standard InChI is InChI=1S/C24H36O3/c1-4-5-6-22(26)27-21-10-9-19-18-8-7-16-15-17(25)11-13-23(16,2)20(18)12-14-24(19,21)3/h15,18-21H,4-14H2,1-3H3/t18-,19+,20-,21-,23-,24-/m0/s1. The molecule has 0 aliphatic heterocycles. The maximum atomic E-state index is 12.3. The van der Waals surface area contributed by atoms with E-state index in [4.69, 9.17) is 4.74 Å². The second-order valence-electron chi connectivity index (χ2n) is 10.2. The average Bonchev–Trinajstić information content (AvgIpc) is 2.97. The van der Waals surface area contributed by atoms with Gasteiger partial charge in [0.1, 0.15) is 6.10 Å². The van der Waals surface area contributed by atoms with Crippen LogP contribution in [-0.4, -0.2) is 17.9 Å². The average molecular weight is 373 g/mol. The lowest BCUT2D eigenvalue weighted by Crippen LogP contribution is -2.51. The van der Waals surface area contributed by atoms with Gasteiger partial charge < -0.3 is 4.74 Å². The van der Waals surface area contributed by atoms with Gasteiger partial charge in [0.05, 0.1) is 0 Å². The number of rotatable bonds is 4. The summed E-state index contributed by atoms with van der Waals surface area (Å²) in [4.78, 5) is 24.2. The number of hydrogen-bond acceptors (Lipinski definition) is 3. The molecule has 0 spiro atoms. The van der Waals surface area contributed by atoms with Crippen molar-refractivity contribution in [1.82, 2.24) is 0 Å². The molecule has 0 aromatic carbocycles. The van der Waals surface area contributed by atoms with Gasteiger partial charge in [0.15, 0.2) is 5.78 Å². The molecule has 0 radical (unpaired) electrons. The van der Waals surface area contributed by atoms with E-state index in [0.29, 0.717) is 24.0 Å². The van der Waals surface area contributed by atoms with Gasteiger partial charge in [-0.05, 0) is 80.6 Å². The molecule has 27 heavy (non-hydrogen) atoms. The minimum atomic E-state index is 0.0115. The van der Waals surface area contributed by atoms with Crippen molar-refractivity contribution in [3.05, 3.63) is 11.6 Å². The summed E-state index contributed by atoms with van der Waals surface area (Å²) in [6.07, 6.45) is 13.4. The zero-order valence-electron chi connectivity index (χ0n) is 17.4. The molecular weight excluding hydrogens is 336 g/mol. The molecule has 0 heterocycles. The summed E-state index contributed by atoms with van der Waals surface area (Å²) in [6, 6.07) is 0. The minimum Gasteiger partial charge on any atom is -0.462 e. The van der Waals surface area contributed by atoms with E-state index in [1.54, 1.807) is 0 Å². The van der Waals surface area contributed by atoms with E-state index in [1.807, 2.05) is 6.08 Å². The Labute approximate surface area is 164 Å². The number of ether oxygens (including phenoxy) is 1. The smallest absolute Gasteiger partial charge is 0.306 e. The van der Waals surface area contributed by atoms with Crippen LogP contribution in [-0.2, 0) is 14.3 Å². The summed E-state index contributed by atoms with van der Waals surface area (Å²) in [6.45, 7) is 6.95. The van der Waals surface area contributed by atoms with Crippen LogP contribution in [0.25, 0.3) is 0 Å². The number of fused-ring (bicyclic) bond motifs is 5. The Kier molecular flexibility index (Phi) is 5.01. The van der Waals surface area contributed by atoms with Crippen molar-refractivity contribution >= 4 is 11.8 Å². The number of esters is 1. The number of hydrogen-bond donors (Lipinski definition) is 0. The van der Waals surface area contributed by atoms with Gasteiger partial charge in [-0.1, -0.05) is 32.8 Å². The number of allylic oxidation sites excluding steroid dienone is 1. The molecule has 0 amide bonds. The van der Waals surface area contributed by atoms with Crippen molar-refractivity contribution in [1.29, 1.82) is 0 Å². The molecule has 150 valence electrons. The Morgan fingerprint density at radius 1 is 1.11 bits per heavy atom. The first-order valence-corrected chi connectivity index (χ1v) is 11.3. The Hall–Kier alpha value is -1.12. The summed E-state index contributed by atoms with van der Waals surface area (Å²) in [5.74, 6) is 2.46. The van der Waals surface area contributed by atoms with Crippen molar-refractivity contribution in [3.8, 4) is 0 Å². The third-order valence-corrected chi connectivity index (χ3v) is 8.88. The van der Waals surface area contributed by atoms with Crippen LogP contribution in [0.15, 0.2) is 11.6 Å². The van der Waals surface area contributed by atoms with E-state index >= 15 is 0 Å². The summed E-state index contributed by atoms with van der Waals surface area (Å²) < 4.78 is 6.02. The van der Waals surface area contributed by atoms with E-state index < -0.39 is 0 Å². The molecule has 0 unspecified atom stereocenters. The van der Waals surface area contributed by atoms with Gasteiger partial charge in [-0.15, -0.1) is 0 Å². The predicted octanol–water partition coefficient (Wildman–Crippen LogP) is 5.62. The summed E-state index contributed by atoms with van der Waals surface area (Å²) in [5.41, 5.74) is 1.82. The van der Waals surface area contributed by atoms with Gasteiger partial charge >= 0.3 is 5.97 Å². The highest BCUT2D eigenvalue weighted by Gasteiger charge is 2.59. The largest absolute Gasteiger partial charge is 0.462 e. The monoisotopic (exact) mass is 372 g/mol. The molecule has 4 aliphatic rings. The highest BCUT2D eigenvalue weighted by Crippen LogP contribution is 2.65. The number of ketones is 1. The van der Waals surface area contributed by atoms with E-state index in [0.717, 1.165) is 44.4 Å². The van der Waals surface area contributed by atoms with Gasteiger partial charge in [-0.2, -0.15) is 0 Å². The van der Waals surface area contributed by atoms with Gasteiger partial charge in [0.25, 0.3) is 0 Å². The molecule has 3 fully saturated rings. The van der Waals surface area contributed by atoms with Crippen LogP contribution in [0, 0.1) is 28.6 Å². The van der Waals surface area contributed by atoms with Crippen LogP contribution in [0.1, 0.15) is 91.4 Å². The fourth-order valence-corrected chi connectivity index (χ4v) is 7.24. The molecule has 0 bridgehead atoms. The summed E-state index contributed by atoms with van der Waals surface area (Å²) in [7, 11) is 0. The quantitative estimate of drug-likeness (QED) is 0.602. The number of carbonyl (C=O) groups is 2. The van der Waals surface area contributed by atoms with Crippen LogP contribution in [0.4, 0.5) is 0 Å². The lowest BCUT2D eigenvalue weighted by atomic mass is 9.47. The second kappa shape index (κ2) is 7.04. The van der Waals surface area contributed by atoms with Crippen LogP contribution < -0.4 is 0 Å². The topological polar surface area (TPSA) is 43.4 Å². The van der Waals surface area contributed by atoms with Crippen LogP contribution in [0.5, 0.6) is 0 Å². The second-order valence-corrected chi connectivity index (χ2v) is 10.2. The fourth-order valence-electron chi connectivity index (χ4n) is 7.24. The lowest BCUT2D eigenvalue weighted by molar-refractivity contribution is -0.160. The highest BCUT2D eigenvalue weighted by molar-refractivity contribution is 5.91. The molecule has 3 heteroatoms. The van der Waals surface area contributed by atoms with Crippen LogP contribution in [0.3, 0.4) is 0 Å². The maximum Gasteiger partial charge on any atom is 0.306 e. The first-order chi connectivity index (χ1) is 12.9. The molecule has 4 rings (SSSR count). The van der Waals surface area contributed by atoms with E-state index in [2.05, 4.69) is 20.8 Å². The number of unbranched alkanes of at least 4 members (excludes halogenated alkanes) is 1. The minimum absolute atomic E-state index is 0.0115. The van der Waals surface area contributed by atoms with Crippen LogP contribution in [0.2, 0.25) is 0 Å². The predicted molar refractivity (Wildman–Crippen MR) is 106 cm³/mol. The summed E-state index contributed by atoms with van der Waals surface area (Å²) in [5, 5.41) is 0. The van der Waals surface area contributed by atoms with E-state index in [-0.39, 0.29) is 22.9 Å². The fraction of sp³-hybridized carbons (Fsp3) is 0.833. The van der Waals surface area contributed by atoms with Gasteiger partial charge in [-0.3, -0.25) is 9.59 Å². The molecule has 0 aromatic rings. The van der Waals surface area contributed by atoms with Crippen molar-refractivity contribution < 1.29 is 14.3 Å². The molecule has 0 N–H and O–H groups in total. The molecular formula is C24H36O3. The zero-order chi connectivity index (χ0) is 19.2. The molecule has 3 saturated carbocycles. The Bertz CT molecular complexity index is 650. The molecule has 6 atom stereocenters.